The number of hydrogen-bond acceptors (Lipinski definition) is 8. The molecule has 188 valence electrons. The van der Waals surface area contributed by atoms with Crippen LogP contribution in [0.1, 0.15) is 26.3 Å². The summed E-state index contributed by atoms with van der Waals surface area (Å²) in [5.74, 6) is 0. The Kier molecular flexibility index (Phi) is 10.1. The van der Waals surface area contributed by atoms with Crippen LogP contribution in [0.3, 0.4) is 0 Å². The number of nitrogens with zero attached hydrogens (tertiary/aromatic N) is 3. The highest BCUT2D eigenvalue weighted by atomic mass is 28.4. The van der Waals surface area contributed by atoms with E-state index in [-0.39, 0.29) is 18.3 Å². The molecular formula is C23H35N3O7Si. The van der Waals surface area contributed by atoms with Gasteiger partial charge in [0.2, 0.25) is 0 Å². The standard InChI is InChI=1S/C23H35N3O7Si/c1-7-13-30-22(28)32-20-18(25-26-24)21(33-34(5,6)23(2,3)4)31-17(19(20)27)15-29-14-16-11-9-8-10-12-16/h7-12,17-21,27H,1,13-15H2,2-6H3/t17-,18+,19-,20-,21-/m1/s1. The maximum absolute atomic E-state index is 12.2. The van der Waals surface area contributed by atoms with Crippen molar-refractivity contribution in [3.05, 3.63) is 59.0 Å². The van der Waals surface area contributed by atoms with Crippen LogP contribution in [-0.4, -0.2) is 63.4 Å². The minimum atomic E-state index is -2.40. The molecule has 1 aliphatic heterocycles. The first-order valence-electron chi connectivity index (χ1n) is 11.1. The van der Waals surface area contributed by atoms with E-state index in [0.29, 0.717) is 6.61 Å². The van der Waals surface area contributed by atoms with Gasteiger partial charge in [-0.25, -0.2) is 4.79 Å². The highest BCUT2D eigenvalue weighted by Crippen LogP contribution is 2.40. The summed E-state index contributed by atoms with van der Waals surface area (Å²) in [7, 11) is -2.40. The summed E-state index contributed by atoms with van der Waals surface area (Å²) < 4.78 is 28.5. The van der Waals surface area contributed by atoms with Crippen molar-refractivity contribution in [1.82, 2.24) is 0 Å². The Hall–Kier alpha value is -2.40. The van der Waals surface area contributed by atoms with E-state index < -0.39 is 45.1 Å². The molecule has 10 nitrogen and oxygen atoms in total. The van der Waals surface area contributed by atoms with Crippen LogP contribution in [0.4, 0.5) is 4.79 Å². The summed E-state index contributed by atoms with van der Waals surface area (Å²) in [4.78, 5) is 15.1. The third-order valence-corrected chi connectivity index (χ3v) is 10.4. The van der Waals surface area contributed by atoms with Gasteiger partial charge < -0.3 is 28.5 Å². The van der Waals surface area contributed by atoms with Gasteiger partial charge in [0.15, 0.2) is 14.6 Å². The molecule has 2 rings (SSSR count). The molecule has 1 aromatic rings. The highest BCUT2D eigenvalue weighted by molar-refractivity contribution is 6.74. The molecule has 0 radical (unpaired) electrons. The molecule has 5 atom stereocenters. The van der Waals surface area contributed by atoms with Gasteiger partial charge in [0.1, 0.15) is 31.0 Å². The van der Waals surface area contributed by atoms with Crippen molar-refractivity contribution in [3.8, 4) is 0 Å². The third kappa shape index (κ3) is 7.56. The van der Waals surface area contributed by atoms with Gasteiger partial charge in [-0.1, -0.05) is 68.9 Å². The van der Waals surface area contributed by atoms with E-state index in [2.05, 4.69) is 37.4 Å². The summed E-state index contributed by atoms with van der Waals surface area (Å²) >= 11 is 0. The molecular weight excluding hydrogens is 458 g/mol. The number of hydrogen-bond donors (Lipinski definition) is 1. The fourth-order valence-corrected chi connectivity index (χ4v) is 4.19. The van der Waals surface area contributed by atoms with E-state index >= 15 is 0 Å². The SMILES string of the molecule is C=CCOC(=O)O[C@H]1[C@H](O)[C@@H](COCc2ccccc2)O[C@H](O[Si](C)(C)C(C)(C)C)[C@H]1N=[N+]=[N-]. The first-order chi connectivity index (χ1) is 16.0. The summed E-state index contributed by atoms with van der Waals surface area (Å²) in [5.41, 5.74) is 10.1. The first kappa shape index (κ1) is 27.8. The Morgan fingerprint density at radius 1 is 1.32 bits per heavy atom. The second-order valence-electron chi connectivity index (χ2n) is 9.54. The topological polar surface area (TPSA) is 132 Å². The van der Waals surface area contributed by atoms with Crippen LogP contribution in [0.15, 0.2) is 48.1 Å². The second kappa shape index (κ2) is 12.3. The number of benzene rings is 1. The van der Waals surface area contributed by atoms with Crippen molar-refractivity contribution in [3.63, 3.8) is 0 Å². The van der Waals surface area contributed by atoms with Crippen LogP contribution in [-0.2, 0) is 30.0 Å². The van der Waals surface area contributed by atoms with Gasteiger partial charge in [0.25, 0.3) is 0 Å². The molecule has 1 aliphatic rings. The number of ether oxygens (including phenoxy) is 4. The molecule has 0 bridgehead atoms. The molecule has 0 aliphatic carbocycles. The smallest absolute Gasteiger partial charge is 0.430 e. The van der Waals surface area contributed by atoms with Crippen LogP contribution < -0.4 is 0 Å². The third-order valence-electron chi connectivity index (χ3n) is 5.99. The average molecular weight is 494 g/mol. The molecule has 0 amide bonds. The predicted molar refractivity (Wildman–Crippen MR) is 128 cm³/mol. The number of rotatable bonds is 10. The Bertz CT molecular complexity index is 856. The van der Waals surface area contributed by atoms with Gasteiger partial charge in [-0.3, -0.25) is 0 Å². The van der Waals surface area contributed by atoms with Crippen molar-refractivity contribution in [2.45, 2.75) is 76.2 Å². The van der Waals surface area contributed by atoms with Gasteiger partial charge in [-0.15, -0.1) is 0 Å². The lowest BCUT2D eigenvalue weighted by Gasteiger charge is -2.46. The number of carbonyl (C=O) groups excluding carboxylic acids is 1. The molecule has 1 aromatic carbocycles. The molecule has 0 saturated carbocycles. The van der Waals surface area contributed by atoms with Crippen molar-refractivity contribution in [2.24, 2.45) is 5.11 Å². The van der Waals surface area contributed by atoms with Crippen LogP contribution in [0, 0.1) is 0 Å². The van der Waals surface area contributed by atoms with Crippen molar-refractivity contribution < 1.29 is 33.3 Å². The van der Waals surface area contributed by atoms with Crippen molar-refractivity contribution >= 4 is 14.5 Å². The average Bonchev–Trinajstić information content (AvgIpc) is 2.77. The van der Waals surface area contributed by atoms with Gasteiger partial charge >= 0.3 is 6.16 Å². The van der Waals surface area contributed by atoms with Gasteiger partial charge in [-0.2, -0.15) is 0 Å². The van der Waals surface area contributed by atoms with E-state index in [4.69, 9.17) is 23.4 Å². The second-order valence-corrected chi connectivity index (χ2v) is 14.3. The zero-order chi connectivity index (χ0) is 25.4. The van der Waals surface area contributed by atoms with Crippen LogP contribution in [0.5, 0.6) is 0 Å². The van der Waals surface area contributed by atoms with Gasteiger partial charge in [0, 0.05) is 4.91 Å². The fourth-order valence-electron chi connectivity index (χ4n) is 3.06. The van der Waals surface area contributed by atoms with Crippen molar-refractivity contribution in [2.75, 3.05) is 13.2 Å². The normalized spacial score (nSPS) is 25.2. The Morgan fingerprint density at radius 3 is 2.59 bits per heavy atom. The lowest BCUT2D eigenvalue weighted by atomic mass is 9.97. The number of aliphatic hydroxyl groups is 1. The number of aliphatic hydroxyl groups excluding tert-OH is 1. The zero-order valence-corrected chi connectivity index (χ0v) is 21.4. The Balaban J connectivity index is 2.26. The lowest BCUT2D eigenvalue weighted by molar-refractivity contribution is -0.248. The Morgan fingerprint density at radius 2 is 2.00 bits per heavy atom. The van der Waals surface area contributed by atoms with Gasteiger partial charge in [-0.05, 0) is 29.2 Å². The molecule has 0 spiro atoms. The highest BCUT2D eigenvalue weighted by Gasteiger charge is 2.51. The lowest BCUT2D eigenvalue weighted by Crippen LogP contribution is -2.62. The summed E-state index contributed by atoms with van der Waals surface area (Å²) in [6, 6.07) is 8.41. The first-order valence-corrected chi connectivity index (χ1v) is 14.0. The molecule has 1 heterocycles. The molecule has 0 unspecified atom stereocenters. The number of azide groups is 1. The quantitative estimate of drug-likeness (QED) is 0.125. The van der Waals surface area contributed by atoms with Crippen molar-refractivity contribution in [1.29, 1.82) is 0 Å². The predicted octanol–water partition coefficient (Wildman–Crippen LogP) is 4.70. The molecule has 34 heavy (non-hydrogen) atoms. The molecule has 0 aromatic heterocycles. The molecule has 1 saturated heterocycles. The minimum absolute atomic E-state index is 0.00201. The van der Waals surface area contributed by atoms with E-state index in [9.17, 15) is 15.4 Å². The van der Waals surface area contributed by atoms with E-state index in [0.717, 1.165) is 5.56 Å². The van der Waals surface area contributed by atoms with Gasteiger partial charge in [0.05, 0.1) is 13.2 Å². The summed E-state index contributed by atoms with van der Waals surface area (Å²) in [6.07, 6.45) is -4.21. The Labute approximate surface area is 201 Å². The molecule has 1 fully saturated rings. The summed E-state index contributed by atoms with van der Waals surface area (Å²) in [6.45, 7) is 13.9. The largest absolute Gasteiger partial charge is 0.508 e. The van der Waals surface area contributed by atoms with Crippen LogP contribution in [0.2, 0.25) is 18.1 Å². The van der Waals surface area contributed by atoms with E-state index in [1.165, 1.54) is 6.08 Å². The fraction of sp³-hybridized carbons (Fsp3) is 0.609. The summed E-state index contributed by atoms with van der Waals surface area (Å²) in [5, 5.41) is 14.6. The maximum atomic E-state index is 12.2. The van der Waals surface area contributed by atoms with Crippen LogP contribution in [0.25, 0.3) is 10.4 Å². The monoisotopic (exact) mass is 493 g/mol. The number of carbonyl (C=O) groups is 1. The minimum Gasteiger partial charge on any atom is -0.430 e. The molecule has 11 heteroatoms. The van der Waals surface area contributed by atoms with E-state index in [1.54, 1.807) is 0 Å². The zero-order valence-electron chi connectivity index (χ0n) is 20.4. The maximum Gasteiger partial charge on any atom is 0.508 e. The molecule has 1 N–H and O–H groups in total. The van der Waals surface area contributed by atoms with E-state index in [1.807, 2.05) is 43.4 Å². The van der Waals surface area contributed by atoms with Crippen LogP contribution >= 0.6 is 0 Å².